The zero-order valence-electron chi connectivity index (χ0n) is 20.2. The lowest BCUT2D eigenvalue weighted by atomic mass is 10.1. The Balaban J connectivity index is 1.36. The van der Waals surface area contributed by atoms with Crippen LogP contribution >= 0.6 is 11.8 Å². The van der Waals surface area contributed by atoms with Crippen molar-refractivity contribution >= 4 is 35.3 Å². The number of anilines is 1. The molecular formula is C31H25FN2O2S. The van der Waals surface area contributed by atoms with Crippen LogP contribution in [0.4, 0.5) is 10.1 Å². The van der Waals surface area contributed by atoms with Crippen LogP contribution in [0.25, 0.3) is 6.08 Å². The molecule has 1 unspecified atom stereocenters. The second-order valence-corrected chi connectivity index (χ2v) is 9.87. The van der Waals surface area contributed by atoms with Crippen molar-refractivity contribution < 1.29 is 14.0 Å². The fraction of sp³-hybridized carbons (Fsp3) is 0.0968. The number of para-hydroxylation sites is 1. The first kappa shape index (κ1) is 24.5. The molecule has 4 nitrogen and oxygen atoms in total. The first-order valence-electron chi connectivity index (χ1n) is 12.0. The Labute approximate surface area is 219 Å². The maximum absolute atomic E-state index is 14.4. The van der Waals surface area contributed by atoms with E-state index in [1.807, 2.05) is 79.7 Å². The molecule has 5 rings (SSSR count). The minimum atomic E-state index is -0.341. The average molecular weight is 509 g/mol. The number of thioether (sulfide) groups is 1. The molecule has 1 heterocycles. The lowest BCUT2D eigenvalue weighted by molar-refractivity contribution is -0.114. The highest BCUT2D eigenvalue weighted by Crippen LogP contribution is 2.42. The van der Waals surface area contributed by atoms with Crippen LogP contribution in [0.2, 0.25) is 0 Å². The summed E-state index contributed by atoms with van der Waals surface area (Å²) in [4.78, 5) is 29.3. The van der Waals surface area contributed by atoms with Gasteiger partial charge in [-0.1, -0.05) is 84.6 Å². The van der Waals surface area contributed by atoms with Crippen molar-refractivity contribution in [2.24, 2.45) is 0 Å². The molecule has 0 aromatic heterocycles. The van der Waals surface area contributed by atoms with Gasteiger partial charge in [0.15, 0.2) is 0 Å². The van der Waals surface area contributed by atoms with E-state index in [-0.39, 0.29) is 30.2 Å². The minimum absolute atomic E-state index is 0.118. The Hall–Kier alpha value is -4.16. The molecule has 0 saturated carbocycles. The Morgan fingerprint density at radius 3 is 2.35 bits per heavy atom. The number of hydrogen-bond acceptors (Lipinski definition) is 3. The fourth-order valence-corrected chi connectivity index (χ4v) is 5.26. The molecule has 0 radical (unpaired) electrons. The largest absolute Gasteiger partial charge is 0.346 e. The van der Waals surface area contributed by atoms with Crippen molar-refractivity contribution in [3.8, 4) is 0 Å². The van der Waals surface area contributed by atoms with Crippen LogP contribution in [0, 0.1) is 5.82 Å². The quantitative estimate of drug-likeness (QED) is 0.285. The molecular weight excluding hydrogens is 483 g/mol. The first-order valence-corrected chi connectivity index (χ1v) is 12.8. The van der Waals surface area contributed by atoms with Crippen LogP contribution in [-0.4, -0.2) is 11.8 Å². The standard InChI is InChI=1S/C31H25FN2O2S/c1-21(23-9-3-2-4-10-23)33-30(35)24-17-15-22(16-18-24)19-29-31(36)34(20-25-11-5-6-12-26(25)32)27-13-7-8-14-28(27)37-29/h2-19,21H,20H2,1H3,(H,33,35). The van der Waals surface area contributed by atoms with Gasteiger partial charge in [-0.2, -0.15) is 0 Å². The van der Waals surface area contributed by atoms with E-state index in [1.165, 1.54) is 17.8 Å². The molecule has 0 aliphatic carbocycles. The number of nitrogens with zero attached hydrogens (tertiary/aromatic N) is 1. The smallest absolute Gasteiger partial charge is 0.265 e. The van der Waals surface area contributed by atoms with E-state index in [1.54, 1.807) is 35.2 Å². The van der Waals surface area contributed by atoms with E-state index in [2.05, 4.69) is 5.32 Å². The lowest BCUT2D eigenvalue weighted by Gasteiger charge is -2.30. The maximum atomic E-state index is 14.4. The summed E-state index contributed by atoms with van der Waals surface area (Å²) >= 11 is 1.39. The first-order chi connectivity index (χ1) is 18.0. The SMILES string of the molecule is CC(NC(=O)c1ccc(C=C2Sc3ccccc3N(Cc3ccccc3F)C2=O)cc1)c1ccccc1. The van der Waals surface area contributed by atoms with E-state index in [4.69, 9.17) is 0 Å². The summed E-state index contributed by atoms with van der Waals surface area (Å²) in [5.74, 6) is -0.693. The van der Waals surface area contributed by atoms with Crippen LogP contribution in [-0.2, 0) is 11.3 Å². The highest BCUT2D eigenvalue weighted by Gasteiger charge is 2.29. The summed E-state index contributed by atoms with van der Waals surface area (Å²) in [5, 5.41) is 3.01. The van der Waals surface area contributed by atoms with Crippen LogP contribution in [0.3, 0.4) is 0 Å². The molecule has 184 valence electrons. The Bertz CT molecular complexity index is 1470. The molecule has 1 aliphatic rings. The van der Waals surface area contributed by atoms with E-state index >= 15 is 0 Å². The number of amides is 2. The molecule has 4 aromatic rings. The third-order valence-corrected chi connectivity index (χ3v) is 7.31. The topological polar surface area (TPSA) is 49.4 Å². The van der Waals surface area contributed by atoms with Crippen molar-refractivity contribution in [3.05, 3.63) is 136 Å². The zero-order chi connectivity index (χ0) is 25.8. The van der Waals surface area contributed by atoms with Crippen LogP contribution in [0.15, 0.2) is 113 Å². The molecule has 0 saturated heterocycles. The van der Waals surface area contributed by atoms with Crippen molar-refractivity contribution in [2.75, 3.05) is 4.90 Å². The highest BCUT2D eigenvalue weighted by atomic mass is 32.2. The van der Waals surface area contributed by atoms with Gasteiger partial charge < -0.3 is 10.2 Å². The van der Waals surface area contributed by atoms with Crippen molar-refractivity contribution in [1.82, 2.24) is 5.32 Å². The third kappa shape index (κ3) is 5.49. The van der Waals surface area contributed by atoms with Gasteiger partial charge in [-0.3, -0.25) is 9.59 Å². The average Bonchev–Trinajstić information content (AvgIpc) is 2.93. The molecule has 4 aromatic carbocycles. The van der Waals surface area contributed by atoms with Gasteiger partial charge in [-0.15, -0.1) is 0 Å². The molecule has 37 heavy (non-hydrogen) atoms. The molecule has 1 atom stereocenters. The number of carbonyl (C=O) groups is 2. The number of hydrogen-bond donors (Lipinski definition) is 1. The van der Waals surface area contributed by atoms with Gasteiger partial charge in [0.2, 0.25) is 0 Å². The minimum Gasteiger partial charge on any atom is -0.346 e. The lowest BCUT2D eigenvalue weighted by Crippen LogP contribution is -2.34. The molecule has 2 amide bonds. The van der Waals surface area contributed by atoms with E-state index < -0.39 is 0 Å². The second kappa shape index (κ2) is 10.8. The van der Waals surface area contributed by atoms with Gasteiger partial charge in [0.1, 0.15) is 5.82 Å². The third-order valence-electron chi connectivity index (χ3n) is 6.24. The maximum Gasteiger partial charge on any atom is 0.265 e. The number of fused-ring (bicyclic) bond motifs is 1. The molecule has 0 spiro atoms. The molecule has 6 heteroatoms. The summed E-state index contributed by atoms with van der Waals surface area (Å²) in [5.41, 5.74) is 3.59. The van der Waals surface area contributed by atoms with Crippen molar-refractivity contribution in [1.29, 1.82) is 0 Å². The summed E-state index contributed by atoms with van der Waals surface area (Å²) in [6.45, 7) is 2.09. The monoisotopic (exact) mass is 508 g/mol. The number of benzene rings is 4. The van der Waals surface area contributed by atoms with E-state index in [0.717, 1.165) is 21.7 Å². The van der Waals surface area contributed by atoms with Gasteiger partial charge >= 0.3 is 0 Å². The van der Waals surface area contributed by atoms with Crippen molar-refractivity contribution in [3.63, 3.8) is 0 Å². The summed E-state index contributed by atoms with van der Waals surface area (Å²) < 4.78 is 14.4. The Kier molecular flexibility index (Phi) is 7.19. The number of rotatable bonds is 6. The second-order valence-electron chi connectivity index (χ2n) is 8.79. The number of nitrogens with one attached hydrogen (secondary N) is 1. The number of carbonyl (C=O) groups excluding carboxylic acids is 2. The Morgan fingerprint density at radius 2 is 1.59 bits per heavy atom. The van der Waals surface area contributed by atoms with E-state index in [9.17, 15) is 14.0 Å². The Morgan fingerprint density at radius 1 is 0.919 bits per heavy atom. The summed E-state index contributed by atoms with van der Waals surface area (Å²) in [6.07, 6.45) is 1.81. The highest BCUT2D eigenvalue weighted by molar-refractivity contribution is 8.04. The van der Waals surface area contributed by atoms with Gasteiger partial charge in [-0.05, 0) is 54.5 Å². The number of halogens is 1. The van der Waals surface area contributed by atoms with Gasteiger partial charge in [0.25, 0.3) is 11.8 Å². The normalized spacial score (nSPS) is 14.8. The molecule has 1 N–H and O–H groups in total. The molecule has 0 fully saturated rings. The predicted molar refractivity (Wildman–Crippen MR) is 147 cm³/mol. The summed E-state index contributed by atoms with van der Waals surface area (Å²) in [7, 11) is 0. The van der Waals surface area contributed by atoms with Crippen LogP contribution in [0.1, 0.15) is 40.0 Å². The van der Waals surface area contributed by atoms with Crippen LogP contribution in [0.5, 0.6) is 0 Å². The van der Waals surface area contributed by atoms with Crippen LogP contribution < -0.4 is 10.2 Å². The molecule has 1 aliphatic heterocycles. The predicted octanol–water partition coefficient (Wildman–Crippen LogP) is 7.00. The van der Waals surface area contributed by atoms with Gasteiger partial charge in [0.05, 0.1) is 23.2 Å². The van der Waals surface area contributed by atoms with Gasteiger partial charge in [-0.25, -0.2) is 4.39 Å². The van der Waals surface area contributed by atoms with E-state index in [0.29, 0.717) is 16.0 Å². The van der Waals surface area contributed by atoms with Crippen molar-refractivity contribution in [2.45, 2.75) is 24.4 Å². The summed E-state index contributed by atoms with van der Waals surface area (Å²) in [6, 6.07) is 30.9. The fourth-order valence-electron chi connectivity index (χ4n) is 4.20. The molecule has 0 bridgehead atoms. The zero-order valence-corrected chi connectivity index (χ0v) is 21.0. The van der Waals surface area contributed by atoms with Gasteiger partial charge in [0, 0.05) is 16.0 Å².